The third kappa shape index (κ3) is 2.52. The van der Waals surface area contributed by atoms with Crippen LogP contribution in [0.3, 0.4) is 0 Å². The number of benzene rings is 1. The Kier molecular flexibility index (Phi) is 3.64. The Hall–Kier alpha value is -1.07. The van der Waals surface area contributed by atoms with Crippen LogP contribution in [0.2, 0.25) is 0 Å². The molecule has 100 valence electrons. The molecular weight excluding hydrogens is 248 g/mol. The van der Waals surface area contributed by atoms with Crippen LogP contribution in [0, 0.1) is 0 Å². The minimum absolute atomic E-state index is 0.0319. The van der Waals surface area contributed by atoms with E-state index in [9.17, 15) is 8.42 Å². The van der Waals surface area contributed by atoms with Crippen molar-refractivity contribution in [3.63, 3.8) is 0 Å². The number of fused-ring (bicyclic) bond motifs is 1. The molecule has 4 nitrogen and oxygen atoms in total. The smallest absolute Gasteiger partial charge is 0.182 e. The van der Waals surface area contributed by atoms with E-state index < -0.39 is 9.84 Å². The Morgan fingerprint density at radius 3 is 2.78 bits per heavy atom. The van der Waals surface area contributed by atoms with Gasteiger partial charge in [-0.1, -0.05) is 13.0 Å². The lowest BCUT2D eigenvalue weighted by molar-refractivity contribution is 0.585. The van der Waals surface area contributed by atoms with Crippen LogP contribution in [0.5, 0.6) is 0 Å². The van der Waals surface area contributed by atoms with E-state index in [-0.39, 0.29) is 11.8 Å². The average molecular weight is 268 g/mol. The van der Waals surface area contributed by atoms with E-state index in [1.54, 1.807) is 6.07 Å². The van der Waals surface area contributed by atoms with Gasteiger partial charge >= 0.3 is 0 Å². The first-order chi connectivity index (χ1) is 8.44. The molecule has 0 amide bonds. The Labute approximate surface area is 109 Å². The number of sulfone groups is 1. The average Bonchev–Trinajstić information content (AvgIpc) is 2.32. The number of nitrogens with two attached hydrogens (primary N) is 1. The first-order valence-electron chi connectivity index (χ1n) is 6.30. The van der Waals surface area contributed by atoms with Crippen molar-refractivity contribution in [1.29, 1.82) is 0 Å². The highest BCUT2D eigenvalue weighted by Crippen LogP contribution is 2.31. The highest BCUT2D eigenvalue weighted by molar-refractivity contribution is 7.91. The second-order valence-corrected chi connectivity index (χ2v) is 6.98. The van der Waals surface area contributed by atoms with E-state index in [1.807, 2.05) is 26.0 Å². The van der Waals surface area contributed by atoms with Gasteiger partial charge in [0.05, 0.1) is 16.3 Å². The molecule has 1 aliphatic rings. The van der Waals surface area contributed by atoms with Gasteiger partial charge in [0.2, 0.25) is 0 Å². The van der Waals surface area contributed by atoms with Gasteiger partial charge < -0.3 is 10.6 Å². The summed E-state index contributed by atoms with van der Waals surface area (Å²) in [6.45, 7) is 5.18. The summed E-state index contributed by atoms with van der Waals surface area (Å²) in [6, 6.07) is 5.74. The monoisotopic (exact) mass is 268 g/mol. The van der Waals surface area contributed by atoms with Gasteiger partial charge in [-0.2, -0.15) is 0 Å². The maximum atomic E-state index is 12.1. The maximum Gasteiger partial charge on any atom is 0.182 e. The summed E-state index contributed by atoms with van der Waals surface area (Å²) in [6.07, 6.45) is 0.843. The van der Waals surface area contributed by atoms with Crippen LogP contribution in [-0.2, 0) is 16.3 Å². The van der Waals surface area contributed by atoms with E-state index in [0.717, 1.165) is 17.7 Å². The molecule has 0 saturated carbocycles. The third-order valence-corrected chi connectivity index (χ3v) is 4.96. The highest BCUT2D eigenvalue weighted by atomic mass is 32.2. The van der Waals surface area contributed by atoms with E-state index in [4.69, 9.17) is 5.73 Å². The molecule has 0 spiro atoms. The highest BCUT2D eigenvalue weighted by Gasteiger charge is 2.28. The SMILES string of the molecule is CCc1ccc2c(c1)S(=O)(=O)CCN2CC(C)N. The molecule has 1 aliphatic heterocycles. The summed E-state index contributed by atoms with van der Waals surface area (Å²) < 4.78 is 24.2. The number of aryl methyl sites for hydroxylation is 1. The van der Waals surface area contributed by atoms with Crippen LogP contribution < -0.4 is 10.6 Å². The van der Waals surface area contributed by atoms with Gasteiger partial charge in [0, 0.05) is 19.1 Å². The van der Waals surface area contributed by atoms with Gasteiger partial charge in [0.15, 0.2) is 9.84 Å². The van der Waals surface area contributed by atoms with Crippen LogP contribution in [0.15, 0.2) is 23.1 Å². The number of hydrogen-bond acceptors (Lipinski definition) is 4. The van der Waals surface area contributed by atoms with Crippen LogP contribution in [0.4, 0.5) is 5.69 Å². The van der Waals surface area contributed by atoms with Gasteiger partial charge in [0.1, 0.15) is 0 Å². The van der Waals surface area contributed by atoms with Crippen molar-refractivity contribution < 1.29 is 8.42 Å². The fraction of sp³-hybridized carbons (Fsp3) is 0.538. The van der Waals surface area contributed by atoms with Gasteiger partial charge in [-0.15, -0.1) is 0 Å². The molecule has 2 N–H and O–H groups in total. The first kappa shape index (κ1) is 13.4. The van der Waals surface area contributed by atoms with Crippen LogP contribution in [-0.4, -0.2) is 33.3 Å². The second kappa shape index (κ2) is 4.90. The summed E-state index contributed by atoms with van der Waals surface area (Å²) >= 11 is 0. The van der Waals surface area contributed by atoms with E-state index in [2.05, 4.69) is 4.90 Å². The minimum Gasteiger partial charge on any atom is -0.368 e. The topological polar surface area (TPSA) is 63.4 Å². The minimum atomic E-state index is -3.13. The summed E-state index contributed by atoms with van der Waals surface area (Å²) in [5.74, 6) is 0.180. The molecule has 0 saturated heterocycles. The molecule has 1 atom stereocenters. The molecule has 18 heavy (non-hydrogen) atoms. The van der Waals surface area contributed by atoms with Crippen molar-refractivity contribution in [3.8, 4) is 0 Å². The summed E-state index contributed by atoms with van der Waals surface area (Å²) in [5.41, 5.74) is 7.67. The standard InChI is InChI=1S/C13H20N2O2S/c1-3-11-4-5-12-13(8-11)18(16,17)7-6-15(12)9-10(2)14/h4-5,8,10H,3,6-7,9,14H2,1-2H3. The summed E-state index contributed by atoms with van der Waals surface area (Å²) in [5, 5.41) is 0. The molecule has 1 heterocycles. The Bertz CT molecular complexity index is 538. The zero-order chi connectivity index (χ0) is 13.3. The normalized spacial score (nSPS) is 19.4. The number of nitrogens with zero attached hydrogens (tertiary/aromatic N) is 1. The van der Waals surface area contributed by atoms with Crippen LogP contribution in [0.1, 0.15) is 19.4 Å². The van der Waals surface area contributed by atoms with Crippen LogP contribution in [0.25, 0.3) is 0 Å². The summed E-state index contributed by atoms with van der Waals surface area (Å²) in [4.78, 5) is 2.54. The molecule has 0 fully saturated rings. The second-order valence-electron chi connectivity index (χ2n) is 4.90. The van der Waals surface area contributed by atoms with Crippen molar-refractivity contribution in [2.75, 3.05) is 23.7 Å². The quantitative estimate of drug-likeness (QED) is 0.894. The molecule has 0 bridgehead atoms. The molecule has 1 aromatic carbocycles. The van der Waals surface area contributed by atoms with Gasteiger partial charge in [-0.25, -0.2) is 8.42 Å². The van der Waals surface area contributed by atoms with Gasteiger partial charge in [-0.3, -0.25) is 0 Å². The Morgan fingerprint density at radius 1 is 1.44 bits per heavy atom. The van der Waals surface area contributed by atoms with Crippen LogP contribution >= 0.6 is 0 Å². The molecule has 0 aromatic heterocycles. The third-order valence-electron chi connectivity index (χ3n) is 3.25. The molecule has 0 radical (unpaired) electrons. The molecule has 1 unspecified atom stereocenters. The van der Waals surface area contributed by atoms with Gasteiger partial charge in [0.25, 0.3) is 0 Å². The van der Waals surface area contributed by atoms with Crippen molar-refractivity contribution in [2.24, 2.45) is 5.73 Å². The zero-order valence-corrected chi connectivity index (χ0v) is 11.7. The van der Waals surface area contributed by atoms with Crippen molar-refractivity contribution >= 4 is 15.5 Å². The molecule has 0 aliphatic carbocycles. The summed E-state index contributed by atoms with van der Waals surface area (Å²) in [7, 11) is -3.13. The van der Waals surface area contributed by atoms with E-state index in [0.29, 0.717) is 18.0 Å². The molecule has 2 rings (SSSR count). The van der Waals surface area contributed by atoms with Crippen molar-refractivity contribution in [3.05, 3.63) is 23.8 Å². The Morgan fingerprint density at radius 2 is 2.17 bits per heavy atom. The predicted molar refractivity (Wildman–Crippen MR) is 73.7 cm³/mol. The zero-order valence-electron chi connectivity index (χ0n) is 10.9. The molecular formula is C13H20N2O2S. The Balaban J connectivity index is 2.48. The van der Waals surface area contributed by atoms with Crippen molar-refractivity contribution in [1.82, 2.24) is 0 Å². The fourth-order valence-electron chi connectivity index (χ4n) is 2.29. The predicted octanol–water partition coefficient (Wildman–Crippen LogP) is 1.19. The lowest BCUT2D eigenvalue weighted by Gasteiger charge is -2.32. The van der Waals surface area contributed by atoms with Crippen molar-refractivity contribution in [2.45, 2.75) is 31.2 Å². The first-order valence-corrected chi connectivity index (χ1v) is 7.95. The molecule has 5 heteroatoms. The lowest BCUT2D eigenvalue weighted by Crippen LogP contribution is -2.41. The fourth-order valence-corrected chi connectivity index (χ4v) is 3.81. The number of hydrogen-bond donors (Lipinski definition) is 1. The molecule has 1 aromatic rings. The number of rotatable bonds is 3. The van der Waals surface area contributed by atoms with E-state index >= 15 is 0 Å². The maximum absolute atomic E-state index is 12.1. The lowest BCUT2D eigenvalue weighted by atomic mass is 10.1. The van der Waals surface area contributed by atoms with E-state index in [1.165, 1.54) is 0 Å². The van der Waals surface area contributed by atoms with Gasteiger partial charge in [-0.05, 0) is 31.0 Å². The number of anilines is 1. The largest absolute Gasteiger partial charge is 0.368 e.